The van der Waals surface area contributed by atoms with E-state index in [9.17, 15) is 13.0 Å². The Balaban J connectivity index is 0. The zero-order chi connectivity index (χ0) is 16.0. The number of rotatable bonds is 14. The molecule has 0 aromatic rings. The summed E-state index contributed by atoms with van der Waals surface area (Å²) >= 11 is 0. The van der Waals surface area contributed by atoms with Gasteiger partial charge in [0.15, 0.2) is 0 Å². The first kappa shape index (κ1) is 25.5. The number of unbranched alkanes of at least 4 members (excludes halogenated alkanes) is 7. The summed E-state index contributed by atoms with van der Waals surface area (Å²) in [7, 11) is -4.58. The second kappa shape index (κ2) is 17.1. The minimum absolute atomic E-state index is 0. The molecule has 0 heterocycles. The van der Waals surface area contributed by atoms with E-state index < -0.39 is 10.4 Å². The molecule has 4 nitrogen and oxygen atoms in total. The van der Waals surface area contributed by atoms with Crippen LogP contribution in [0.3, 0.4) is 0 Å². The third-order valence-corrected chi connectivity index (χ3v) is 3.91. The van der Waals surface area contributed by atoms with E-state index in [0.29, 0.717) is 0 Å². The van der Waals surface area contributed by atoms with Gasteiger partial charge in [0.2, 0.25) is 10.4 Å². The summed E-state index contributed by atoms with van der Waals surface area (Å²) in [6.07, 6.45) is 15.4. The maximum Gasteiger partial charge on any atom is 1.00 e. The van der Waals surface area contributed by atoms with Crippen molar-refractivity contribution in [2.75, 3.05) is 6.61 Å². The van der Waals surface area contributed by atoms with Gasteiger partial charge in [-0.2, -0.15) is 0 Å². The van der Waals surface area contributed by atoms with Crippen LogP contribution in [-0.2, 0) is 14.6 Å². The first-order valence-electron chi connectivity index (χ1n) is 8.26. The van der Waals surface area contributed by atoms with Gasteiger partial charge in [-0.15, -0.1) is 0 Å². The second-order valence-corrected chi connectivity index (χ2v) is 6.63. The van der Waals surface area contributed by atoms with E-state index in [1.165, 1.54) is 25.7 Å². The molecule has 22 heavy (non-hydrogen) atoms. The van der Waals surface area contributed by atoms with Crippen LogP contribution in [0.15, 0.2) is 12.2 Å². The Morgan fingerprint density at radius 1 is 1.00 bits per heavy atom. The molecule has 126 valence electrons. The van der Waals surface area contributed by atoms with Crippen LogP contribution in [0.5, 0.6) is 0 Å². The molecule has 0 fully saturated rings. The molecule has 0 spiro atoms. The molecule has 0 amide bonds. The van der Waals surface area contributed by atoms with Crippen molar-refractivity contribution in [3.8, 4) is 0 Å². The molecule has 1 atom stereocenters. The third kappa shape index (κ3) is 19.3. The summed E-state index contributed by atoms with van der Waals surface area (Å²) in [5.74, 6) is 0.0248. The molecule has 0 bridgehead atoms. The van der Waals surface area contributed by atoms with E-state index in [-0.39, 0.29) is 63.9 Å². The molecule has 0 N–H and O–H groups in total. The molecule has 0 aliphatic heterocycles. The Hall–Kier alpha value is 1.25. The molecule has 1 unspecified atom stereocenters. The molecule has 0 aliphatic carbocycles. The molecule has 0 aromatic carbocycles. The van der Waals surface area contributed by atoms with Gasteiger partial charge in [-0.1, -0.05) is 77.4 Å². The summed E-state index contributed by atoms with van der Waals surface area (Å²) in [4.78, 5) is 0. The van der Waals surface area contributed by atoms with Crippen LogP contribution < -0.4 is 51.4 Å². The Labute approximate surface area is 179 Å². The minimum Gasteiger partial charge on any atom is -0.726 e. The van der Waals surface area contributed by atoms with Gasteiger partial charge < -0.3 is 4.55 Å². The van der Waals surface area contributed by atoms with Gasteiger partial charge in [0.25, 0.3) is 0 Å². The average Bonchev–Trinajstić information content (AvgIpc) is 2.42. The predicted molar refractivity (Wildman–Crippen MR) is 85.8 cm³/mol. The van der Waals surface area contributed by atoms with Gasteiger partial charge in [0.05, 0.1) is 6.61 Å². The van der Waals surface area contributed by atoms with Crippen LogP contribution in [0.1, 0.15) is 78.1 Å². The normalized spacial score (nSPS) is 13.2. The van der Waals surface area contributed by atoms with Crippen molar-refractivity contribution in [3.05, 3.63) is 12.2 Å². The van der Waals surface area contributed by atoms with Crippen molar-refractivity contribution in [1.82, 2.24) is 0 Å². The fourth-order valence-corrected chi connectivity index (χ4v) is 2.54. The fraction of sp³-hybridized carbons (Fsp3) is 0.875. The van der Waals surface area contributed by atoms with Gasteiger partial charge in [0.1, 0.15) is 0 Å². The second-order valence-electron chi connectivity index (χ2n) is 5.58. The van der Waals surface area contributed by atoms with Crippen LogP contribution >= 0.6 is 0 Å². The van der Waals surface area contributed by atoms with Crippen molar-refractivity contribution >= 4 is 10.4 Å². The fourth-order valence-electron chi connectivity index (χ4n) is 2.20. The number of hydrogen-bond acceptors (Lipinski definition) is 4. The smallest absolute Gasteiger partial charge is 0.726 e. The van der Waals surface area contributed by atoms with Gasteiger partial charge in [0, 0.05) is 5.92 Å². The van der Waals surface area contributed by atoms with E-state index in [4.69, 9.17) is 0 Å². The van der Waals surface area contributed by atoms with Gasteiger partial charge in [-0.3, -0.25) is 4.18 Å². The molecule has 0 saturated carbocycles. The molecule has 0 aliphatic rings. The summed E-state index contributed by atoms with van der Waals surface area (Å²) < 4.78 is 36.1. The molecule has 0 aromatic heterocycles. The van der Waals surface area contributed by atoms with E-state index >= 15 is 0 Å². The molecular formula is C16H31KO4S. The molecule has 6 heteroatoms. The maximum absolute atomic E-state index is 10.6. The van der Waals surface area contributed by atoms with E-state index in [1.54, 1.807) is 0 Å². The molecule has 0 radical (unpaired) electrons. The summed E-state index contributed by atoms with van der Waals surface area (Å²) in [5, 5.41) is 0. The van der Waals surface area contributed by atoms with Gasteiger partial charge in [-0.05, 0) is 12.8 Å². The van der Waals surface area contributed by atoms with Crippen molar-refractivity contribution in [1.29, 1.82) is 0 Å². The molecule has 0 saturated heterocycles. The van der Waals surface area contributed by atoms with Gasteiger partial charge >= 0.3 is 51.4 Å². The molecular weight excluding hydrogens is 327 g/mol. The van der Waals surface area contributed by atoms with Crippen LogP contribution in [0, 0.1) is 5.92 Å². The van der Waals surface area contributed by atoms with Crippen molar-refractivity contribution in [2.45, 2.75) is 78.1 Å². The van der Waals surface area contributed by atoms with Crippen LogP contribution in [0.2, 0.25) is 0 Å². The first-order valence-corrected chi connectivity index (χ1v) is 9.59. The van der Waals surface area contributed by atoms with Gasteiger partial charge in [-0.25, -0.2) is 8.42 Å². The Morgan fingerprint density at radius 3 is 2.18 bits per heavy atom. The van der Waals surface area contributed by atoms with Crippen molar-refractivity contribution in [3.63, 3.8) is 0 Å². The zero-order valence-electron chi connectivity index (χ0n) is 14.6. The number of allylic oxidation sites excluding steroid dienone is 1. The third-order valence-electron chi connectivity index (χ3n) is 3.49. The Bertz CT molecular complexity index is 355. The average molecular weight is 359 g/mol. The SMILES string of the molecule is CCCC/C=C/C(CCCCCCCC)COS(=O)(=O)[O-].[K+]. The predicted octanol–water partition coefficient (Wildman–Crippen LogP) is 1.58. The van der Waals surface area contributed by atoms with E-state index in [0.717, 1.165) is 38.5 Å². The molecule has 0 rings (SSSR count). The topological polar surface area (TPSA) is 66.4 Å². The standard InChI is InChI=1S/C16H32O4S.K/c1-3-5-7-9-10-12-14-16(13-11-8-6-4-2)15-20-21(17,18)19;/h11,13,16H,3-10,12,14-15H2,1-2H3,(H,17,18,19);/q;+1/p-1/b13-11+;. The van der Waals surface area contributed by atoms with Crippen LogP contribution in [-0.4, -0.2) is 19.6 Å². The first-order chi connectivity index (χ1) is 9.99. The Kier molecular flexibility index (Phi) is 19.8. The van der Waals surface area contributed by atoms with Crippen LogP contribution in [0.25, 0.3) is 0 Å². The largest absolute Gasteiger partial charge is 1.00 e. The summed E-state index contributed by atoms with van der Waals surface area (Å²) in [6, 6.07) is 0. The minimum atomic E-state index is -4.58. The van der Waals surface area contributed by atoms with E-state index in [1.807, 2.05) is 6.08 Å². The quantitative estimate of drug-likeness (QED) is 0.155. The number of hydrogen-bond donors (Lipinski definition) is 0. The summed E-state index contributed by atoms with van der Waals surface area (Å²) in [5.41, 5.74) is 0. The van der Waals surface area contributed by atoms with Crippen molar-refractivity contribution < 1.29 is 68.5 Å². The Morgan fingerprint density at radius 2 is 1.59 bits per heavy atom. The monoisotopic (exact) mass is 358 g/mol. The van der Waals surface area contributed by atoms with Crippen molar-refractivity contribution in [2.24, 2.45) is 5.92 Å². The van der Waals surface area contributed by atoms with Crippen LogP contribution in [0.4, 0.5) is 0 Å². The maximum atomic E-state index is 10.6. The summed E-state index contributed by atoms with van der Waals surface area (Å²) in [6.45, 7) is 4.30. The zero-order valence-corrected chi connectivity index (χ0v) is 18.5. The van der Waals surface area contributed by atoms with E-state index in [2.05, 4.69) is 24.1 Å².